The molecule has 2 N–H and O–H groups in total. The van der Waals surface area contributed by atoms with E-state index in [9.17, 15) is 9.90 Å². The predicted molar refractivity (Wildman–Crippen MR) is 91.2 cm³/mol. The highest BCUT2D eigenvalue weighted by atomic mass is 32.2. The number of hydrogen-bond donors (Lipinski definition) is 2. The van der Waals surface area contributed by atoms with Crippen LogP contribution in [-0.4, -0.2) is 22.9 Å². The van der Waals surface area contributed by atoms with Crippen molar-refractivity contribution in [3.8, 4) is 0 Å². The van der Waals surface area contributed by atoms with Crippen LogP contribution in [0.4, 0.5) is 0 Å². The summed E-state index contributed by atoms with van der Waals surface area (Å²) < 4.78 is 0. The molecule has 0 heterocycles. The second-order valence-corrected chi connectivity index (χ2v) is 6.90. The van der Waals surface area contributed by atoms with E-state index in [2.05, 4.69) is 19.2 Å². The minimum atomic E-state index is -0.397. The molecule has 116 valence electrons. The van der Waals surface area contributed by atoms with Gasteiger partial charge in [0.05, 0.1) is 18.2 Å². The molecule has 0 aliphatic rings. The van der Waals surface area contributed by atoms with Crippen LogP contribution in [0.15, 0.2) is 59.5 Å². The molecule has 0 saturated heterocycles. The number of nitrogens with one attached hydrogen (secondary N) is 1. The Balaban J connectivity index is 2.18. The fourth-order valence-electron chi connectivity index (χ4n) is 2.17. The lowest BCUT2D eigenvalue weighted by Crippen LogP contribution is -2.31. The highest BCUT2D eigenvalue weighted by Gasteiger charge is 2.17. The van der Waals surface area contributed by atoms with Crippen molar-refractivity contribution in [3.05, 3.63) is 65.7 Å². The molecule has 0 fully saturated rings. The van der Waals surface area contributed by atoms with Crippen LogP contribution < -0.4 is 5.32 Å². The molecule has 4 heteroatoms. The van der Waals surface area contributed by atoms with Gasteiger partial charge in [0, 0.05) is 10.1 Å². The van der Waals surface area contributed by atoms with E-state index < -0.39 is 6.04 Å². The van der Waals surface area contributed by atoms with Crippen LogP contribution in [0.3, 0.4) is 0 Å². The normalized spacial score (nSPS) is 12.2. The van der Waals surface area contributed by atoms with E-state index in [4.69, 9.17) is 0 Å². The summed E-state index contributed by atoms with van der Waals surface area (Å²) in [5.41, 5.74) is 1.54. The number of aliphatic hydroxyl groups is 1. The highest BCUT2D eigenvalue weighted by molar-refractivity contribution is 8.00. The second-order valence-electron chi connectivity index (χ2n) is 5.28. The summed E-state index contributed by atoms with van der Waals surface area (Å²) in [6.07, 6.45) is 0. The van der Waals surface area contributed by atoms with E-state index in [1.165, 1.54) is 0 Å². The summed E-state index contributed by atoms with van der Waals surface area (Å²) in [4.78, 5) is 13.5. The molecule has 2 aromatic carbocycles. The van der Waals surface area contributed by atoms with Gasteiger partial charge in [0.2, 0.25) is 0 Å². The maximum Gasteiger partial charge on any atom is 0.252 e. The van der Waals surface area contributed by atoms with Crippen LogP contribution in [0.5, 0.6) is 0 Å². The average Bonchev–Trinajstić information content (AvgIpc) is 2.53. The Hall–Kier alpha value is -1.78. The number of carbonyl (C=O) groups is 1. The third-order valence-corrected chi connectivity index (χ3v) is 4.27. The first-order valence-electron chi connectivity index (χ1n) is 7.34. The molecule has 2 aromatic rings. The van der Waals surface area contributed by atoms with Crippen molar-refractivity contribution in [1.82, 2.24) is 5.32 Å². The molecule has 0 aromatic heterocycles. The average molecular weight is 315 g/mol. The van der Waals surface area contributed by atoms with Crippen molar-refractivity contribution in [3.63, 3.8) is 0 Å². The van der Waals surface area contributed by atoms with Crippen molar-refractivity contribution < 1.29 is 9.90 Å². The summed E-state index contributed by atoms with van der Waals surface area (Å²) in [6, 6.07) is 16.7. The number of aliphatic hydroxyl groups excluding tert-OH is 1. The predicted octanol–water partition coefficient (Wildman–Crippen LogP) is 3.65. The fraction of sp³-hybridized carbons (Fsp3) is 0.278. The summed E-state index contributed by atoms with van der Waals surface area (Å²) in [5, 5.41) is 12.9. The van der Waals surface area contributed by atoms with E-state index in [0.717, 1.165) is 10.5 Å². The number of amides is 1. The van der Waals surface area contributed by atoms with Crippen molar-refractivity contribution in [2.75, 3.05) is 6.61 Å². The van der Waals surface area contributed by atoms with Gasteiger partial charge in [-0.2, -0.15) is 0 Å². The first-order valence-corrected chi connectivity index (χ1v) is 8.22. The minimum Gasteiger partial charge on any atom is -0.394 e. The SMILES string of the molecule is CC(C)Sc1ccccc1C(=O)N[C@H](CO)c1ccccc1. The van der Waals surface area contributed by atoms with Gasteiger partial charge in [-0.3, -0.25) is 4.79 Å². The number of rotatable bonds is 6. The molecule has 22 heavy (non-hydrogen) atoms. The number of hydrogen-bond acceptors (Lipinski definition) is 3. The van der Waals surface area contributed by atoms with E-state index in [0.29, 0.717) is 10.8 Å². The Morgan fingerprint density at radius 3 is 2.36 bits per heavy atom. The molecule has 0 spiro atoms. The van der Waals surface area contributed by atoms with E-state index in [1.54, 1.807) is 11.8 Å². The minimum absolute atomic E-state index is 0.130. The van der Waals surface area contributed by atoms with Gasteiger partial charge >= 0.3 is 0 Å². The molecule has 0 radical (unpaired) electrons. The van der Waals surface area contributed by atoms with E-state index in [1.807, 2.05) is 54.6 Å². The molecule has 0 unspecified atom stereocenters. The fourth-order valence-corrected chi connectivity index (χ4v) is 3.12. The van der Waals surface area contributed by atoms with Gasteiger partial charge in [0.1, 0.15) is 0 Å². The third-order valence-electron chi connectivity index (χ3n) is 3.18. The summed E-state index contributed by atoms with van der Waals surface area (Å²) in [7, 11) is 0. The van der Waals surface area contributed by atoms with Crippen LogP contribution in [0.25, 0.3) is 0 Å². The molecule has 0 aliphatic heterocycles. The van der Waals surface area contributed by atoms with Gasteiger partial charge < -0.3 is 10.4 Å². The molecular weight excluding hydrogens is 294 g/mol. The largest absolute Gasteiger partial charge is 0.394 e. The van der Waals surface area contributed by atoms with Gasteiger partial charge in [-0.1, -0.05) is 56.3 Å². The van der Waals surface area contributed by atoms with E-state index >= 15 is 0 Å². The van der Waals surface area contributed by atoms with Gasteiger partial charge in [-0.05, 0) is 17.7 Å². The molecule has 0 aliphatic carbocycles. The topological polar surface area (TPSA) is 49.3 Å². The van der Waals surface area contributed by atoms with Crippen LogP contribution in [0.1, 0.15) is 35.8 Å². The van der Waals surface area contributed by atoms with E-state index in [-0.39, 0.29) is 12.5 Å². The zero-order valence-corrected chi connectivity index (χ0v) is 13.6. The number of carbonyl (C=O) groups excluding carboxylic acids is 1. The number of thioether (sulfide) groups is 1. The lowest BCUT2D eigenvalue weighted by Gasteiger charge is -2.18. The maximum absolute atomic E-state index is 12.6. The van der Waals surface area contributed by atoms with Crippen LogP contribution in [-0.2, 0) is 0 Å². The van der Waals surface area contributed by atoms with Crippen molar-refractivity contribution in [2.24, 2.45) is 0 Å². The Morgan fingerprint density at radius 1 is 1.09 bits per heavy atom. The van der Waals surface area contributed by atoms with Crippen LogP contribution in [0.2, 0.25) is 0 Å². The summed E-state index contributed by atoms with van der Waals surface area (Å²) in [5.74, 6) is -0.161. The quantitative estimate of drug-likeness (QED) is 0.800. The third kappa shape index (κ3) is 4.36. The van der Waals surface area contributed by atoms with Gasteiger partial charge in [-0.25, -0.2) is 0 Å². The van der Waals surface area contributed by atoms with Crippen LogP contribution >= 0.6 is 11.8 Å². The molecule has 0 saturated carbocycles. The summed E-state index contributed by atoms with van der Waals surface area (Å²) >= 11 is 1.66. The van der Waals surface area contributed by atoms with Gasteiger partial charge in [-0.15, -0.1) is 11.8 Å². The van der Waals surface area contributed by atoms with Crippen molar-refractivity contribution in [1.29, 1.82) is 0 Å². The molecule has 2 rings (SSSR count). The smallest absolute Gasteiger partial charge is 0.252 e. The molecule has 1 atom stereocenters. The summed E-state index contributed by atoms with van der Waals surface area (Å²) in [6.45, 7) is 4.06. The maximum atomic E-state index is 12.6. The Labute approximate surface area is 135 Å². The first-order chi connectivity index (χ1) is 10.6. The monoisotopic (exact) mass is 315 g/mol. The lowest BCUT2D eigenvalue weighted by atomic mass is 10.1. The molecular formula is C18H21NO2S. The Bertz CT molecular complexity index is 613. The van der Waals surface area contributed by atoms with Crippen LogP contribution in [0, 0.1) is 0 Å². The van der Waals surface area contributed by atoms with Gasteiger partial charge in [0.15, 0.2) is 0 Å². The molecule has 3 nitrogen and oxygen atoms in total. The second kappa shape index (κ2) is 8.01. The zero-order chi connectivity index (χ0) is 15.9. The molecule has 0 bridgehead atoms. The first kappa shape index (κ1) is 16.6. The Kier molecular flexibility index (Phi) is 6.04. The standard InChI is InChI=1S/C18H21NO2S/c1-13(2)22-17-11-7-6-10-15(17)18(21)19-16(12-20)14-8-4-3-5-9-14/h3-11,13,16,20H,12H2,1-2H3,(H,19,21)/t16-/m1/s1. The number of benzene rings is 2. The molecule has 1 amide bonds. The van der Waals surface area contributed by atoms with Crippen molar-refractivity contribution in [2.45, 2.75) is 30.0 Å². The van der Waals surface area contributed by atoms with Gasteiger partial charge in [0.25, 0.3) is 5.91 Å². The Morgan fingerprint density at radius 2 is 1.73 bits per heavy atom. The zero-order valence-electron chi connectivity index (χ0n) is 12.8. The highest BCUT2D eigenvalue weighted by Crippen LogP contribution is 2.27. The van der Waals surface area contributed by atoms with Crippen molar-refractivity contribution >= 4 is 17.7 Å². The lowest BCUT2D eigenvalue weighted by molar-refractivity contribution is 0.0913.